The predicted octanol–water partition coefficient (Wildman–Crippen LogP) is 4.59. The Morgan fingerprint density at radius 2 is 1.63 bits per heavy atom. The SMILES string of the molecule is Cl.Cl.Cl.Nc1ccnc(-c2ccc3c4c(cccc24)C(=O)N3CCCCNCCCCN2CCOCC2)n1. The van der Waals surface area contributed by atoms with Crippen molar-refractivity contribution in [2.45, 2.75) is 25.7 Å². The molecule has 1 amide bonds. The Hall–Kier alpha value is -2.20. The van der Waals surface area contributed by atoms with Crippen molar-refractivity contribution in [2.24, 2.45) is 0 Å². The smallest absolute Gasteiger partial charge is 0.258 e. The van der Waals surface area contributed by atoms with Gasteiger partial charge in [-0.05, 0) is 75.0 Å². The fourth-order valence-electron chi connectivity index (χ4n) is 5.02. The van der Waals surface area contributed by atoms with Crippen molar-refractivity contribution in [2.75, 3.05) is 63.1 Å². The Bertz CT molecular complexity index is 1190. The van der Waals surface area contributed by atoms with Crippen LogP contribution in [-0.2, 0) is 4.74 Å². The first kappa shape index (κ1) is 32.0. The molecule has 38 heavy (non-hydrogen) atoms. The van der Waals surface area contributed by atoms with Gasteiger partial charge in [0.1, 0.15) is 5.82 Å². The van der Waals surface area contributed by atoms with E-state index >= 15 is 0 Å². The molecule has 2 aromatic carbocycles. The molecule has 2 aliphatic heterocycles. The number of nitrogens with one attached hydrogen (secondary N) is 1. The molecule has 5 rings (SSSR count). The number of amides is 1. The van der Waals surface area contributed by atoms with Gasteiger partial charge < -0.3 is 20.7 Å². The first-order chi connectivity index (χ1) is 17.2. The number of nitrogens with zero attached hydrogens (tertiary/aromatic N) is 4. The van der Waals surface area contributed by atoms with Crippen LogP contribution in [0.2, 0.25) is 0 Å². The summed E-state index contributed by atoms with van der Waals surface area (Å²) >= 11 is 0. The molecule has 0 aliphatic carbocycles. The molecule has 2 aliphatic rings. The van der Waals surface area contributed by atoms with Gasteiger partial charge in [-0.2, -0.15) is 0 Å². The highest BCUT2D eigenvalue weighted by atomic mass is 35.5. The Morgan fingerprint density at radius 1 is 0.895 bits per heavy atom. The van der Waals surface area contributed by atoms with Gasteiger partial charge in [-0.3, -0.25) is 9.69 Å². The lowest BCUT2D eigenvalue weighted by Crippen LogP contribution is -2.37. The van der Waals surface area contributed by atoms with Crippen LogP contribution in [0.25, 0.3) is 22.2 Å². The lowest BCUT2D eigenvalue weighted by atomic mass is 10.00. The first-order valence-electron chi connectivity index (χ1n) is 12.7. The van der Waals surface area contributed by atoms with Gasteiger partial charge in [-0.1, -0.05) is 12.1 Å². The Morgan fingerprint density at radius 3 is 2.37 bits per heavy atom. The second-order valence-corrected chi connectivity index (χ2v) is 9.24. The zero-order valence-corrected chi connectivity index (χ0v) is 23.9. The van der Waals surface area contributed by atoms with E-state index in [4.69, 9.17) is 10.5 Å². The monoisotopic (exact) mass is 582 g/mol. The molecule has 1 fully saturated rings. The molecule has 0 radical (unpaired) electrons. The van der Waals surface area contributed by atoms with Crippen LogP contribution in [0.1, 0.15) is 36.0 Å². The molecule has 0 spiro atoms. The third-order valence-electron chi connectivity index (χ3n) is 6.87. The van der Waals surface area contributed by atoms with Crippen LogP contribution in [0.5, 0.6) is 0 Å². The summed E-state index contributed by atoms with van der Waals surface area (Å²) in [6, 6.07) is 11.6. The molecule has 3 N–H and O–H groups in total. The maximum atomic E-state index is 13.2. The van der Waals surface area contributed by atoms with Gasteiger partial charge in [-0.25, -0.2) is 9.97 Å². The summed E-state index contributed by atoms with van der Waals surface area (Å²) < 4.78 is 5.40. The van der Waals surface area contributed by atoms with Crippen molar-refractivity contribution in [1.29, 1.82) is 0 Å². The maximum absolute atomic E-state index is 13.2. The summed E-state index contributed by atoms with van der Waals surface area (Å²) in [6.45, 7) is 7.78. The predicted molar refractivity (Wildman–Crippen MR) is 161 cm³/mol. The molecule has 0 unspecified atom stereocenters. The van der Waals surface area contributed by atoms with Gasteiger partial charge in [0.05, 0.1) is 18.9 Å². The number of nitrogen functional groups attached to an aromatic ring is 1. The quantitative estimate of drug-likeness (QED) is 0.319. The van der Waals surface area contributed by atoms with Crippen molar-refractivity contribution in [1.82, 2.24) is 20.2 Å². The topological polar surface area (TPSA) is 96.6 Å². The van der Waals surface area contributed by atoms with Crippen LogP contribution in [0.3, 0.4) is 0 Å². The number of unbranched alkanes of at least 4 members (excludes halogenated alkanes) is 2. The molecule has 0 bridgehead atoms. The Kier molecular flexibility index (Phi) is 13.0. The molecular formula is C27H37Cl3N6O2. The van der Waals surface area contributed by atoms with E-state index < -0.39 is 0 Å². The summed E-state index contributed by atoms with van der Waals surface area (Å²) in [6.07, 6.45) is 6.08. The number of hydrogen-bond acceptors (Lipinski definition) is 7. The third kappa shape index (κ3) is 7.25. The highest BCUT2D eigenvalue weighted by Crippen LogP contribution is 2.41. The number of nitrogens with two attached hydrogens (primary N) is 1. The second kappa shape index (κ2) is 15.4. The standard InChI is InChI=1S/C27H34N6O2.3ClH/c28-24-10-13-30-26(31-24)21-8-9-23-25-20(21)6-5-7-22(25)27(34)33(23)15-4-2-12-29-11-1-3-14-32-16-18-35-19-17-32;;;/h5-10,13,29H,1-4,11-12,14-19H2,(H2,28,30,31);3*1H. The zero-order valence-electron chi connectivity index (χ0n) is 21.4. The Balaban J connectivity index is 0.00000169. The number of aromatic nitrogens is 2. The normalized spacial score (nSPS) is 14.6. The van der Waals surface area contributed by atoms with E-state index in [9.17, 15) is 4.79 Å². The minimum absolute atomic E-state index is 0. The summed E-state index contributed by atoms with van der Waals surface area (Å²) in [5.74, 6) is 1.09. The number of benzene rings is 2. The average molecular weight is 584 g/mol. The number of carbonyl (C=O) groups is 1. The lowest BCUT2D eigenvalue weighted by molar-refractivity contribution is 0.0372. The molecule has 0 saturated carbocycles. The van der Waals surface area contributed by atoms with Crippen LogP contribution < -0.4 is 16.0 Å². The zero-order chi connectivity index (χ0) is 24.0. The highest BCUT2D eigenvalue weighted by molar-refractivity contribution is 6.26. The van der Waals surface area contributed by atoms with Gasteiger partial charge in [-0.15, -0.1) is 37.2 Å². The summed E-state index contributed by atoms with van der Waals surface area (Å²) in [7, 11) is 0. The van der Waals surface area contributed by atoms with Crippen molar-refractivity contribution < 1.29 is 9.53 Å². The lowest BCUT2D eigenvalue weighted by Gasteiger charge is -2.26. The minimum Gasteiger partial charge on any atom is -0.384 e. The number of rotatable bonds is 11. The number of carbonyl (C=O) groups excluding carboxylic acids is 1. The van der Waals surface area contributed by atoms with E-state index in [-0.39, 0.29) is 43.1 Å². The molecule has 1 saturated heterocycles. The minimum atomic E-state index is 0. The number of halogens is 3. The first-order valence-corrected chi connectivity index (χ1v) is 12.7. The second-order valence-electron chi connectivity index (χ2n) is 9.24. The number of hydrogen-bond donors (Lipinski definition) is 2. The van der Waals surface area contributed by atoms with Crippen molar-refractivity contribution in [3.05, 3.63) is 48.2 Å². The van der Waals surface area contributed by atoms with Crippen LogP contribution in [0, 0.1) is 0 Å². The molecule has 8 nitrogen and oxygen atoms in total. The number of anilines is 2. The summed E-state index contributed by atoms with van der Waals surface area (Å²) in [5, 5.41) is 5.53. The average Bonchev–Trinajstić information content (AvgIpc) is 3.16. The molecular weight excluding hydrogens is 547 g/mol. The molecule has 3 heterocycles. The van der Waals surface area contributed by atoms with Gasteiger partial charge in [0.15, 0.2) is 5.82 Å². The maximum Gasteiger partial charge on any atom is 0.258 e. The van der Waals surface area contributed by atoms with Crippen LogP contribution in [0.4, 0.5) is 11.5 Å². The van der Waals surface area contributed by atoms with E-state index in [0.717, 1.165) is 86.4 Å². The Labute approximate surface area is 242 Å². The van der Waals surface area contributed by atoms with Crippen LogP contribution in [0.15, 0.2) is 42.6 Å². The van der Waals surface area contributed by atoms with Gasteiger partial charge in [0, 0.05) is 42.3 Å². The molecule has 11 heteroatoms. The van der Waals surface area contributed by atoms with Crippen molar-refractivity contribution in [3.8, 4) is 11.4 Å². The molecule has 1 aromatic heterocycles. The number of ether oxygens (including phenoxy) is 1. The molecule has 3 aromatic rings. The van der Waals surface area contributed by atoms with E-state index in [1.807, 2.05) is 35.2 Å². The van der Waals surface area contributed by atoms with E-state index in [2.05, 4.69) is 20.2 Å². The van der Waals surface area contributed by atoms with Gasteiger partial charge >= 0.3 is 0 Å². The van der Waals surface area contributed by atoms with Crippen LogP contribution >= 0.6 is 37.2 Å². The summed E-state index contributed by atoms with van der Waals surface area (Å²) in [5.41, 5.74) is 8.50. The van der Waals surface area contributed by atoms with Gasteiger partial charge in [0.25, 0.3) is 5.91 Å². The largest absolute Gasteiger partial charge is 0.384 e. The van der Waals surface area contributed by atoms with Crippen LogP contribution in [-0.4, -0.2) is 73.3 Å². The third-order valence-corrected chi connectivity index (χ3v) is 6.87. The summed E-state index contributed by atoms with van der Waals surface area (Å²) in [4.78, 5) is 26.4. The molecule has 208 valence electrons. The van der Waals surface area contributed by atoms with Crippen molar-refractivity contribution >= 4 is 65.4 Å². The van der Waals surface area contributed by atoms with E-state index in [1.54, 1.807) is 12.3 Å². The van der Waals surface area contributed by atoms with Gasteiger partial charge in [0.2, 0.25) is 0 Å². The van der Waals surface area contributed by atoms with E-state index in [0.29, 0.717) is 11.6 Å². The van der Waals surface area contributed by atoms with Crippen molar-refractivity contribution in [3.63, 3.8) is 0 Å². The highest BCUT2D eigenvalue weighted by Gasteiger charge is 2.30. The molecule has 0 atom stereocenters. The van der Waals surface area contributed by atoms with E-state index in [1.165, 1.54) is 19.4 Å². The number of morpholine rings is 1. The fraction of sp³-hybridized carbons (Fsp3) is 0.444. The fourth-order valence-corrected chi connectivity index (χ4v) is 5.02.